The number of aromatic nitrogens is 2. The first kappa shape index (κ1) is 14.2. The van der Waals surface area contributed by atoms with Crippen LogP contribution in [-0.2, 0) is 19.5 Å². The number of rotatable bonds is 8. The standard InChI is InChI=1S/C14H21N3OS/c1-3-5-8-13-15-14(18-16-13)11-17(4-2)10-12-7-6-9-19-12/h6-7,9H,3-5,8,10-11H2,1-2H3. The Morgan fingerprint density at radius 3 is 2.89 bits per heavy atom. The van der Waals surface area contributed by atoms with Gasteiger partial charge in [-0.3, -0.25) is 4.90 Å². The summed E-state index contributed by atoms with van der Waals surface area (Å²) < 4.78 is 5.31. The molecule has 2 heterocycles. The van der Waals surface area contributed by atoms with E-state index in [2.05, 4.69) is 46.4 Å². The fourth-order valence-electron chi connectivity index (χ4n) is 1.88. The second-order valence-electron chi connectivity index (χ2n) is 4.59. The van der Waals surface area contributed by atoms with Gasteiger partial charge in [0.25, 0.3) is 0 Å². The average molecular weight is 279 g/mol. The van der Waals surface area contributed by atoms with Gasteiger partial charge in [-0.1, -0.05) is 31.5 Å². The first-order valence-corrected chi connectivity index (χ1v) is 7.76. The Bertz CT molecular complexity index is 467. The molecule has 0 aliphatic heterocycles. The minimum Gasteiger partial charge on any atom is -0.338 e. The van der Waals surface area contributed by atoms with Crippen LogP contribution in [0.25, 0.3) is 0 Å². The zero-order valence-corrected chi connectivity index (χ0v) is 12.4. The summed E-state index contributed by atoms with van der Waals surface area (Å²) in [6, 6.07) is 4.25. The third-order valence-corrected chi connectivity index (χ3v) is 3.89. The van der Waals surface area contributed by atoms with Gasteiger partial charge in [0.05, 0.1) is 6.54 Å². The zero-order valence-electron chi connectivity index (χ0n) is 11.6. The van der Waals surface area contributed by atoms with Crippen LogP contribution in [0, 0.1) is 0 Å². The number of unbranched alkanes of at least 4 members (excludes halogenated alkanes) is 1. The molecule has 104 valence electrons. The summed E-state index contributed by atoms with van der Waals surface area (Å²) in [6.45, 7) is 6.97. The summed E-state index contributed by atoms with van der Waals surface area (Å²) in [7, 11) is 0. The van der Waals surface area contributed by atoms with Gasteiger partial charge in [-0.15, -0.1) is 11.3 Å². The van der Waals surface area contributed by atoms with Gasteiger partial charge in [0.15, 0.2) is 5.82 Å². The number of nitrogens with zero attached hydrogens (tertiary/aromatic N) is 3. The van der Waals surface area contributed by atoms with Crippen LogP contribution in [0.3, 0.4) is 0 Å². The summed E-state index contributed by atoms with van der Waals surface area (Å²) in [4.78, 5) is 8.13. The number of aryl methyl sites for hydroxylation is 1. The molecule has 0 radical (unpaired) electrons. The lowest BCUT2D eigenvalue weighted by atomic mass is 10.2. The van der Waals surface area contributed by atoms with Crippen molar-refractivity contribution in [1.29, 1.82) is 0 Å². The molecule has 0 atom stereocenters. The first-order valence-electron chi connectivity index (χ1n) is 6.88. The van der Waals surface area contributed by atoms with E-state index in [1.165, 1.54) is 4.88 Å². The molecule has 0 saturated heterocycles. The lowest BCUT2D eigenvalue weighted by molar-refractivity contribution is 0.230. The molecule has 2 rings (SSSR count). The van der Waals surface area contributed by atoms with Gasteiger partial charge in [0, 0.05) is 17.8 Å². The van der Waals surface area contributed by atoms with Crippen molar-refractivity contribution in [2.75, 3.05) is 6.54 Å². The van der Waals surface area contributed by atoms with E-state index in [0.717, 1.165) is 50.6 Å². The average Bonchev–Trinajstić information content (AvgIpc) is 3.07. The van der Waals surface area contributed by atoms with Crippen molar-refractivity contribution in [1.82, 2.24) is 15.0 Å². The quantitative estimate of drug-likeness (QED) is 0.741. The fourth-order valence-corrected chi connectivity index (χ4v) is 2.63. The van der Waals surface area contributed by atoms with Crippen molar-refractivity contribution in [2.45, 2.75) is 46.2 Å². The summed E-state index contributed by atoms with van der Waals surface area (Å²) in [6.07, 6.45) is 3.19. The van der Waals surface area contributed by atoms with Crippen molar-refractivity contribution in [3.05, 3.63) is 34.1 Å². The highest BCUT2D eigenvalue weighted by atomic mass is 32.1. The van der Waals surface area contributed by atoms with E-state index in [-0.39, 0.29) is 0 Å². The van der Waals surface area contributed by atoms with Crippen LogP contribution in [0.5, 0.6) is 0 Å². The minimum atomic E-state index is 0.726. The molecule has 2 aromatic heterocycles. The molecule has 0 aromatic carbocycles. The smallest absolute Gasteiger partial charge is 0.240 e. The van der Waals surface area contributed by atoms with E-state index in [0.29, 0.717) is 0 Å². The molecule has 4 nitrogen and oxygen atoms in total. The fraction of sp³-hybridized carbons (Fsp3) is 0.571. The van der Waals surface area contributed by atoms with Gasteiger partial charge in [-0.2, -0.15) is 4.98 Å². The van der Waals surface area contributed by atoms with Gasteiger partial charge in [-0.05, 0) is 24.4 Å². The van der Waals surface area contributed by atoms with Crippen LogP contribution >= 0.6 is 11.3 Å². The lowest BCUT2D eigenvalue weighted by Crippen LogP contribution is -2.22. The summed E-state index contributed by atoms with van der Waals surface area (Å²) in [5.74, 6) is 1.56. The first-order chi connectivity index (χ1) is 9.31. The maximum atomic E-state index is 5.31. The minimum absolute atomic E-state index is 0.726. The van der Waals surface area contributed by atoms with Crippen molar-refractivity contribution >= 4 is 11.3 Å². The molecule has 0 aliphatic carbocycles. The molecular formula is C14H21N3OS. The highest BCUT2D eigenvalue weighted by molar-refractivity contribution is 7.09. The largest absolute Gasteiger partial charge is 0.338 e. The van der Waals surface area contributed by atoms with E-state index in [4.69, 9.17) is 4.52 Å². The van der Waals surface area contributed by atoms with E-state index >= 15 is 0 Å². The molecule has 0 saturated carbocycles. The molecule has 5 heteroatoms. The van der Waals surface area contributed by atoms with E-state index < -0.39 is 0 Å². The Morgan fingerprint density at radius 1 is 1.32 bits per heavy atom. The second kappa shape index (κ2) is 7.40. The van der Waals surface area contributed by atoms with Crippen LogP contribution in [0.2, 0.25) is 0 Å². The predicted octanol–water partition coefficient (Wildman–Crippen LogP) is 3.50. The van der Waals surface area contributed by atoms with Crippen LogP contribution in [-0.4, -0.2) is 21.6 Å². The van der Waals surface area contributed by atoms with Crippen LogP contribution in [0.4, 0.5) is 0 Å². The van der Waals surface area contributed by atoms with Gasteiger partial charge in [-0.25, -0.2) is 0 Å². The number of hydrogen-bond acceptors (Lipinski definition) is 5. The summed E-state index contributed by atoms with van der Waals surface area (Å²) >= 11 is 1.79. The number of thiophene rings is 1. The van der Waals surface area contributed by atoms with Crippen molar-refractivity contribution in [2.24, 2.45) is 0 Å². The topological polar surface area (TPSA) is 42.2 Å². The molecule has 19 heavy (non-hydrogen) atoms. The second-order valence-corrected chi connectivity index (χ2v) is 5.62. The zero-order chi connectivity index (χ0) is 13.5. The maximum Gasteiger partial charge on any atom is 0.240 e. The van der Waals surface area contributed by atoms with Crippen molar-refractivity contribution in [3.63, 3.8) is 0 Å². The van der Waals surface area contributed by atoms with Gasteiger partial charge in [0.1, 0.15) is 0 Å². The Balaban J connectivity index is 1.88. The monoisotopic (exact) mass is 279 g/mol. The van der Waals surface area contributed by atoms with Crippen LogP contribution in [0.1, 0.15) is 43.3 Å². The van der Waals surface area contributed by atoms with Gasteiger partial charge >= 0.3 is 0 Å². The molecule has 0 aliphatic rings. The maximum absolute atomic E-state index is 5.31. The number of hydrogen-bond donors (Lipinski definition) is 0. The molecule has 2 aromatic rings. The Hall–Kier alpha value is -1.20. The third-order valence-electron chi connectivity index (χ3n) is 3.03. The van der Waals surface area contributed by atoms with Crippen LogP contribution in [0.15, 0.2) is 22.0 Å². The molecule has 0 amide bonds. The molecule has 0 N–H and O–H groups in total. The molecule has 0 spiro atoms. The molecule has 0 fully saturated rings. The molecule has 0 bridgehead atoms. The third kappa shape index (κ3) is 4.44. The van der Waals surface area contributed by atoms with Gasteiger partial charge < -0.3 is 4.52 Å². The van der Waals surface area contributed by atoms with E-state index in [1.54, 1.807) is 11.3 Å². The molecule has 0 unspecified atom stereocenters. The summed E-state index contributed by atoms with van der Waals surface area (Å²) in [5, 5.41) is 6.14. The van der Waals surface area contributed by atoms with Crippen molar-refractivity contribution in [3.8, 4) is 0 Å². The van der Waals surface area contributed by atoms with E-state index in [9.17, 15) is 0 Å². The molecular weight excluding hydrogens is 258 g/mol. The Labute approximate surface area is 118 Å². The van der Waals surface area contributed by atoms with Gasteiger partial charge in [0.2, 0.25) is 5.89 Å². The van der Waals surface area contributed by atoms with E-state index in [1.807, 2.05) is 0 Å². The van der Waals surface area contributed by atoms with Crippen molar-refractivity contribution < 1.29 is 4.52 Å². The Morgan fingerprint density at radius 2 is 2.21 bits per heavy atom. The highest BCUT2D eigenvalue weighted by Gasteiger charge is 2.11. The predicted molar refractivity (Wildman–Crippen MR) is 77.0 cm³/mol. The lowest BCUT2D eigenvalue weighted by Gasteiger charge is -2.16. The normalized spacial score (nSPS) is 11.3. The Kier molecular flexibility index (Phi) is 5.54. The SMILES string of the molecule is CCCCc1noc(CN(CC)Cc2cccs2)n1. The highest BCUT2D eigenvalue weighted by Crippen LogP contribution is 2.13. The summed E-state index contributed by atoms with van der Waals surface area (Å²) in [5.41, 5.74) is 0. The van der Waals surface area contributed by atoms with Crippen LogP contribution < -0.4 is 0 Å².